The number of hydrogen-bond donors (Lipinski definition) is 1. The topological polar surface area (TPSA) is 132 Å². The Balaban J connectivity index is 1.39. The predicted molar refractivity (Wildman–Crippen MR) is 121 cm³/mol. The monoisotopic (exact) mass is 462 g/mol. The van der Waals surface area contributed by atoms with Crippen molar-refractivity contribution in [3.8, 4) is 6.07 Å². The highest BCUT2D eigenvalue weighted by molar-refractivity contribution is 5.93. The van der Waals surface area contributed by atoms with Gasteiger partial charge in [-0.05, 0) is 43.7 Å². The fraction of sp³-hybridized carbons (Fsp3) is 0.250. The highest BCUT2D eigenvalue weighted by Crippen LogP contribution is 2.27. The summed E-state index contributed by atoms with van der Waals surface area (Å²) in [5.41, 5.74) is 2.87. The van der Waals surface area contributed by atoms with E-state index in [1.807, 2.05) is 6.92 Å². The quantitative estimate of drug-likeness (QED) is 0.398. The molecule has 4 rings (SSSR count). The van der Waals surface area contributed by atoms with Crippen LogP contribution in [0.2, 0.25) is 0 Å². The number of nitriles is 1. The van der Waals surface area contributed by atoms with E-state index < -0.39 is 24.2 Å². The van der Waals surface area contributed by atoms with Crippen molar-refractivity contribution in [1.29, 1.82) is 5.26 Å². The number of amides is 1. The van der Waals surface area contributed by atoms with Gasteiger partial charge in [0, 0.05) is 12.2 Å². The molecule has 0 aliphatic rings. The summed E-state index contributed by atoms with van der Waals surface area (Å²) in [6.07, 6.45) is 1.43. The number of furan rings is 1. The first-order valence-electron chi connectivity index (χ1n) is 10.5. The molecule has 3 aromatic heterocycles. The van der Waals surface area contributed by atoms with Crippen LogP contribution >= 0.6 is 0 Å². The van der Waals surface area contributed by atoms with E-state index in [2.05, 4.69) is 11.4 Å². The van der Waals surface area contributed by atoms with Crippen molar-refractivity contribution < 1.29 is 23.2 Å². The van der Waals surface area contributed by atoms with Gasteiger partial charge in [-0.1, -0.05) is 12.1 Å². The molecule has 10 heteroatoms. The maximum absolute atomic E-state index is 12.5. The molecular formula is C24H22N4O6. The molecular weight excluding hydrogens is 440 g/mol. The number of carbonyl (C=O) groups excluding carboxylic acids is 2. The minimum Gasteiger partial charge on any atom is -0.467 e. The van der Waals surface area contributed by atoms with Crippen LogP contribution < -0.4 is 11.1 Å². The number of para-hydroxylation sites is 2. The Morgan fingerprint density at radius 1 is 1.15 bits per heavy atom. The van der Waals surface area contributed by atoms with Crippen molar-refractivity contribution in [2.24, 2.45) is 0 Å². The molecule has 1 N–H and O–H groups in total. The van der Waals surface area contributed by atoms with Gasteiger partial charge in [-0.15, -0.1) is 0 Å². The molecule has 0 fully saturated rings. The molecule has 10 nitrogen and oxygen atoms in total. The molecule has 0 saturated carbocycles. The van der Waals surface area contributed by atoms with E-state index in [9.17, 15) is 19.6 Å². The van der Waals surface area contributed by atoms with Crippen molar-refractivity contribution in [3.05, 3.63) is 75.8 Å². The number of ether oxygens (including phenoxy) is 1. The number of anilines is 1. The molecule has 0 saturated heterocycles. The van der Waals surface area contributed by atoms with Crippen LogP contribution in [-0.4, -0.2) is 27.6 Å². The summed E-state index contributed by atoms with van der Waals surface area (Å²) < 4.78 is 18.7. The SMILES string of the molecule is Cc1c(C#N)c(NC(=O)COC(=O)CCn2c(=O)oc3ccccc32)n(Cc2ccco2)c1C. The molecule has 0 atom stereocenters. The van der Waals surface area contributed by atoms with E-state index in [1.165, 1.54) is 4.57 Å². The third-order valence-corrected chi connectivity index (χ3v) is 5.57. The van der Waals surface area contributed by atoms with Crippen LogP contribution in [0.25, 0.3) is 11.1 Å². The molecule has 174 valence electrons. The smallest absolute Gasteiger partial charge is 0.419 e. The van der Waals surface area contributed by atoms with E-state index in [4.69, 9.17) is 13.6 Å². The largest absolute Gasteiger partial charge is 0.467 e. The van der Waals surface area contributed by atoms with Crippen LogP contribution in [0.4, 0.5) is 5.82 Å². The maximum atomic E-state index is 12.5. The minimum atomic E-state index is -0.647. The van der Waals surface area contributed by atoms with Crippen LogP contribution in [-0.2, 0) is 27.4 Å². The highest BCUT2D eigenvalue weighted by atomic mass is 16.5. The summed E-state index contributed by atoms with van der Waals surface area (Å²) in [6.45, 7) is 3.48. The summed E-state index contributed by atoms with van der Waals surface area (Å²) >= 11 is 0. The number of aromatic nitrogens is 2. The standard InChI is InChI=1S/C24H22N4O6/c1-15-16(2)28(13-17-6-5-11-32-17)23(18(15)12-25)26-21(29)14-33-22(30)9-10-27-19-7-3-4-8-20(19)34-24(27)31/h3-8,11H,9-10,13-14H2,1-2H3,(H,26,29). The van der Waals surface area contributed by atoms with Crippen LogP contribution in [0, 0.1) is 25.2 Å². The van der Waals surface area contributed by atoms with E-state index in [-0.39, 0.29) is 13.0 Å². The van der Waals surface area contributed by atoms with Gasteiger partial charge in [-0.25, -0.2) is 4.79 Å². The zero-order valence-corrected chi connectivity index (χ0v) is 18.7. The van der Waals surface area contributed by atoms with Gasteiger partial charge in [0.1, 0.15) is 17.6 Å². The number of nitrogens with one attached hydrogen (secondary N) is 1. The van der Waals surface area contributed by atoms with E-state index in [0.717, 1.165) is 11.3 Å². The lowest BCUT2D eigenvalue weighted by Crippen LogP contribution is -2.24. The molecule has 1 aromatic carbocycles. The van der Waals surface area contributed by atoms with Crippen molar-refractivity contribution in [3.63, 3.8) is 0 Å². The van der Waals surface area contributed by atoms with Crippen molar-refractivity contribution in [2.75, 3.05) is 11.9 Å². The fourth-order valence-corrected chi connectivity index (χ4v) is 3.70. The lowest BCUT2D eigenvalue weighted by atomic mass is 10.2. The summed E-state index contributed by atoms with van der Waals surface area (Å²) in [4.78, 5) is 36.7. The zero-order chi connectivity index (χ0) is 24.2. The molecule has 3 heterocycles. The molecule has 1 amide bonds. The Morgan fingerprint density at radius 3 is 2.68 bits per heavy atom. The lowest BCUT2D eigenvalue weighted by Gasteiger charge is -2.12. The van der Waals surface area contributed by atoms with Crippen LogP contribution in [0.3, 0.4) is 0 Å². The van der Waals surface area contributed by atoms with Gasteiger partial charge in [0.25, 0.3) is 5.91 Å². The summed E-state index contributed by atoms with van der Waals surface area (Å²) in [6, 6.07) is 12.5. The summed E-state index contributed by atoms with van der Waals surface area (Å²) in [5, 5.41) is 12.3. The zero-order valence-electron chi connectivity index (χ0n) is 18.7. The van der Waals surface area contributed by atoms with Gasteiger partial charge < -0.3 is 23.5 Å². The van der Waals surface area contributed by atoms with Gasteiger partial charge in [0.05, 0.1) is 30.3 Å². The van der Waals surface area contributed by atoms with Crippen LogP contribution in [0.1, 0.15) is 29.0 Å². The van der Waals surface area contributed by atoms with E-state index in [0.29, 0.717) is 34.8 Å². The third-order valence-electron chi connectivity index (χ3n) is 5.57. The van der Waals surface area contributed by atoms with E-state index >= 15 is 0 Å². The Bertz CT molecular complexity index is 1450. The Kier molecular flexibility index (Phi) is 6.36. The molecule has 34 heavy (non-hydrogen) atoms. The second-order valence-corrected chi connectivity index (χ2v) is 7.66. The normalized spacial score (nSPS) is 10.9. The Labute approximate surface area is 193 Å². The first-order chi connectivity index (χ1) is 16.4. The number of nitrogens with zero attached hydrogens (tertiary/aromatic N) is 3. The Hall–Kier alpha value is -4.52. The minimum absolute atomic E-state index is 0.0548. The second-order valence-electron chi connectivity index (χ2n) is 7.66. The molecule has 0 unspecified atom stereocenters. The molecule has 0 aliphatic carbocycles. The van der Waals surface area contributed by atoms with Crippen molar-refractivity contribution >= 4 is 28.8 Å². The number of fused-ring (bicyclic) bond motifs is 1. The van der Waals surface area contributed by atoms with Gasteiger partial charge >= 0.3 is 11.7 Å². The first-order valence-corrected chi connectivity index (χ1v) is 10.5. The van der Waals surface area contributed by atoms with E-state index in [1.54, 1.807) is 54.2 Å². The average Bonchev–Trinajstić information content (AvgIpc) is 3.50. The lowest BCUT2D eigenvalue weighted by molar-refractivity contribution is -0.147. The van der Waals surface area contributed by atoms with Crippen LogP contribution in [0.5, 0.6) is 0 Å². The van der Waals surface area contributed by atoms with Gasteiger partial charge in [-0.2, -0.15) is 5.26 Å². The summed E-state index contributed by atoms with van der Waals surface area (Å²) in [7, 11) is 0. The van der Waals surface area contributed by atoms with Gasteiger partial charge in [0.2, 0.25) is 0 Å². The Morgan fingerprint density at radius 2 is 1.94 bits per heavy atom. The second kappa shape index (κ2) is 9.54. The van der Waals surface area contributed by atoms with Crippen LogP contribution in [0.15, 0.2) is 56.3 Å². The van der Waals surface area contributed by atoms with Gasteiger partial charge in [-0.3, -0.25) is 14.2 Å². The van der Waals surface area contributed by atoms with Gasteiger partial charge in [0.15, 0.2) is 12.2 Å². The number of rotatable bonds is 8. The number of esters is 1. The first kappa shape index (κ1) is 22.7. The number of carbonyl (C=O) groups is 2. The maximum Gasteiger partial charge on any atom is 0.419 e. The molecule has 0 radical (unpaired) electrons. The highest BCUT2D eigenvalue weighted by Gasteiger charge is 2.21. The number of oxazole rings is 1. The van der Waals surface area contributed by atoms with Crippen molar-refractivity contribution in [2.45, 2.75) is 33.4 Å². The molecule has 0 bridgehead atoms. The number of benzene rings is 1. The van der Waals surface area contributed by atoms with Crippen molar-refractivity contribution in [1.82, 2.24) is 9.13 Å². The fourth-order valence-electron chi connectivity index (χ4n) is 3.70. The third kappa shape index (κ3) is 4.49. The predicted octanol–water partition coefficient (Wildman–Crippen LogP) is 3.10. The number of hydrogen-bond acceptors (Lipinski definition) is 7. The number of aryl methyl sites for hydroxylation is 1. The average molecular weight is 462 g/mol. The molecule has 0 spiro atoms. The molecule has 0 aliphatic heterocycles. The summed E-state index contributed by atoms with van der Waals surface area (Å²) in [5.74, 6) is -0.836. The molecule has 4 aromatic rings.